The molecule has 10 unspecified atom stereocenters. The Morgan fingerprint density at radius 2 is 1.71 bits per heavy atom. The molecule has 0 spiro atoms. The van der Waals surface area contributed by atoms with Crippen molar-refractivity contribution in [2.24, 2.45) is 46.3 Å². The van der Waals surface area contributed by atoms with Gasteiger partial charge in [-0.15, -0.1) is 0 Å². The number of phosphoric ester groups is 1. The molecule has 0 radical (unpaired) electrons. The number of hydrogen-bond acceptors (Lipinski definition) is 8. The van der Waals surface area contributed by atoms with Crippen molar-refractivity contribution in [1.82, 2.24) is 5.32 Å². The number of phosphoric acid groups is 1. The summed E-state index contributed by atoms with van der Waals surface area (Å²) in [4.78, 5) is 29.8. The van der Waals surface area contributed by atoms with E-state index in [-0.39, 0.29) is 24.0 Å². The quantitative estimate of drug-likeness (QED) is 0.152. The van der Waals surface area contributed by atoms with Crippen molar-refractivity contribution in [3.63, 3.8) is 0 Å². The van der Waals surface area contributed by atoms with Crippen LogP contribution in [-0.2, 0) is 37.7 Å². The van der Waals surface area contributed by atoms with E-state index in [0.717, 1.165) is 25.7 Å². The number of carbonyl (C=O) groups is 1. The van der Waals surface area contributed by atoms with E-state index in [1.807, 2.05) is 14.2 Å². The Balaban J connectivity index is 1.30. The van der Waals surface area contributed by atoms with E-state index in [0.29, 0.717) is 53.4 Å². The van der Waals surface area contributed by atoms with Gasteiger partial charge >= 0.3 is 7.82 Å². The fourth-order valence-electron chi connectivity index (χ4n) is 9.78. The van der Waals surface area contributed by atoms with Crippen molar-refractivity contribution in [1.29, 1.82) is 0 Å². The van der Waals surface area contributed by atoms with Gasteiger partial charge in [-0.2, -0.15) is 8.42 Å². The summed E-state index contributed by atoms with van der Waals surface area (Å²) in [6.07, 6.45) is 11.2. The number of rotatable bonds is 13. The van der Waals surface area contributed by atoms with E-state index in [4.69, 9.17) is 19.3 Å². The molecule has 13 heteroatoms. The Morgan fingerprint density at radius 3 is 2.38 bits per heavy atom. The van der Waals surface area contributed by atoms with E-state index < -0.39 is 30.5 Å². The van der Waals surface area contributed by atoms with Gasteiger partial charge in [0.1, 0.15) is 0 Å². The summed E-state index contributed by atoms with van der Waals surface area (Å²) in [5.74, 6) is 2.69. The van der Waals surface area contributed by atoms with Gasteiger partial charge in [0.15, 0.2) is 6.79 Å². The Labute approximate surface area is 251 Å². The van der Waals surface area contributed by atoms with Crippen molar-refractivity contribution in [3.05, 3.63) is 0 Å². The molecule has 4 rings (SSSR count). The highest BCUT2D eigenvalue weighted by molar-refractivity contribution is 7.86. The van der Waals surface area contributed by atoms with Crippen LogP contribution >= 0.6 is 7.82 Å². The number of amides is 1. The van der Waals surface area contributed by atoms with Crippen molar-refractivity contribution in [2.45, 2.75) is 97.2 Å². The van der Waals surface area contributed by atoms with Crippen LogP contribution in [0.25, 0.3) is 0 Å². The van der Waals surface area contributed by atoms with Crippen LogP contribution in [-0.4, -0.2) is 69.6 Å². The summed E-state index contributed by atoms with van der Waals surface area (Å²) in [7, 11) is -5.18. The number of hydrogen-bond donors (Lipinski definition) is 3. The van der Waals surface area contributed by atoms with Crippen LogP contribution < -0.4 is 5.32 Å². The highest BCUT2D eigenvalue weighted by Gasteiger charge is 2.63. The molecule has 0 aromatic rings. The normalized spacial score (nSPS) is 39.2. The maximum Gasteiger partial charge on any atom is 0.471 e. The monoisotopic (exact) mass is 637 g/mol. The van der Waals surface area contributed by atoms with E-state index in [9.17, 15) is 17.8 Å². The van der Waals surface area contributed by atoms with Crippen molar-refractivity contribution < 1.29 is 45.7 Å². The smallest absolute Gasteiger partial charge is 0.381 e. The molecule has 0 heterocycles. The zero-order valence-electron chi connectivity index (χ0n) is 25.8. The number of fused-ring (bicyclic) bond motifs is 5. The summed E-state index contributed by atoms with van der Waals surface area (Å²) in [6, 6.07) is 0. The molecule has 10 atom stereocenters. The molecular formula is C29H52NO10PS. The molecule has 0 aromatic heterocycles. The van der Waals surface area contributed by atoms with Gasteiger partial charge < -0.3 is 24.6 Å². The molecule has 244 valence electrons. The minimum Gasteiger partial charge on any atom is -0.381 e. The van der Waals surface area contributed by atoms with Gasteiger partial charge in [0.2, 0.25) is 5.91 Å². The molecule has 4 aliphatic rings. The van der Waals surface area contributed by atoms with Gasteiger partial charge in [-0.05, 0) is 104 Å². The molecule has 4 aliphatic carbocycles. The lowest BCUT2D eigenvalue weighted by Crippen LogP contribution is -2.59. The van der Waals surface area contributed by atoms with Crippen LogP contribution in [0.2, 0.25) is 0 Å². The predicted molar refractivity (Wildman–Crippen MR) is 156 cm³/mol. The third-order valence-corrected chi connectivity index (χ3v) is 13.6. The SMILES string of the molecule is COC1CCC2(C)C(C1)CC(OC)C1C2CCC2(C)C(C(C)CCC(=O)NCCS(=O)(=O)OCOP(=O)(O)O)CCC12. The van der Waals surface area contributed by atoms with Gasteiger partial charge in [0.05, 0.1) is 18.0 Å². The first-order valence-corrected chi connectivity index (χ1v) is 18.6. The number of carbonyl (C=O) groups excluding carboxylic acids is 1. The Bertz CT molecular complexity index is 1100. The highest BCUT2D eigenvalue weighted by Crippen LogP contribution is 2.68. The molecular weight excluding hydrogens is 585 g/mol. The number of nitrogens with one attached hydrogen (secondary N) is 1. The van der Waals surface area contributed by atoms with Crippen LogP contribution in [0.3, 0.4) is 0 Å². The van der Waals surface area contributed by atoms with Crippen molar-refractivity contribution in [3.8, 4) is 0 Å². The fraction of sp³-hybridized carbons (Fsp3) is 0.966. The standard InChI is InChI=1S/C29H52NO10PS/c1-19(6-9-26(31)30-14-15-42(35,36)40-18-39-41(32,33)34)22-7-8-23-27-24(11-13-29(22,23)3)28(2)12-10-21(37-4)16-20(28)17-25(27)38-5/h19-25,27H,6-18H2,1-5H3,(H,30,31)(H2,32,33,34). The van der Waals surface area contributed by atoms with Crippen LogP contribution in [0.15, 0.2) is 0 Å². The summed E-state index contributed by atoms with van der Waals surface area (Å²) in [5.41, 5.74) is 0.574. The van der Waals surface area contributed by atoms with Crippen LogP contribution in [0.4, 0.5) is 0 Å². The zero-order chi connectivity index (χ0) is 30.9. The van der Waals surface area contributed by atoms with Crippen LogP contribution in [0.5, 0.6) is 0 Å². The molecule has 4 fully saturated rings. The minimum atomic E-state index is -4.83. The molecule has 42 heavy (non-hydrogen) atoms. The lowest BCUT2D eigenvalue weighted by molar-refractivity contribution is -0.183. The Morgan fingerprint density at radius 1 is 1.02 bits per heavy atom. The second-order valence-electron chi connectivity index (χ2n) is 13.8. The van der Waals surface area contributed by atoms with Gasteiger partial charge in [0, 0.05) is 27.2 Å². The molecule has 0 aromatic carbocycles. The topological polar surface area (TPSA) is 158 Å². The molecule has 0 saturated heterocycles. The summed E-state index contributed by atoms with van der Waals surface area (Å²) < 4.78 is 54.8. The minimum absolute atomic E-state index is 0.152. The first-order chi connectivity index (χ1) is 19.6. The van der Waals surface area contributed by atoms with Crippen molar-refractivity contribution in [2.75, 3.05) is 33.3 Å². The van der Waals surface area contributed by atoms with E-state index in [1.54, 1.807) is 0 Å². The fourth-order valence-corrected chi connectivity index (χ4v) is 10.7. The van der Waals surface area contributed by atoms with Gasteiger partial charge in [-0.3, -0.25) is 9.32 Å². The molecule has 1 amide bonds. The average Bonchev–Trinajstić information content (AvgIpc) is 3.27. The lowest BCUT2D eigenvalue weighted by atomic mass is 9.43. The van der Waals surface area contributed by atoms with Crippen LogP contribution in [0.1, 0.15) is 85.0 Å². The molecule has 11 nitrogen and oxygen atoms in total. The number of ether oxygens (including phenoxy) is 2. The highest BCUT2D eigenvalue weighted by atomic mass is 32.2. The van der Waals surface area contributed by atoms with E-state index in [2.05, 4.69) is 34.8 Å². The van der Waals surface area contributed by atoms with Gasteiger partial charge in [0.25, 0.3) is 10.1 Å². The molecule has 0 aliphatic heterocycles. The summed E-state index contributed by atoms with van der Waals surface area (Å²) in [5, 5.41) is 2.63. The Kier molecular flexibility index (Phi) is 10.9. The third-order valence-electron chi connectivity index (χ3n) is 12.0. The average molecular weight is 638 g/mol. The Hall–Kier alpha value is -0.590. The summed E-state index contributed by atoms with van der Waals surface area (Å²) in [6.45, 7) is 6.07. The van der Waals surface area contributed by atoms with Crippen molar-refractivity contribution >= 4 is 23.8 Å². The molecule has 3 N–H and O–H groups in total. The first-order valence-electron chi connectivity index (χ1n) is 15.5. The second-order valence-corrected chi connectivity index (χ2v) is 16.8. The maximum absolute atomic E-state index is 12.5. The van der Waals surface area contributed by atoms with E-state index in [1.165, 1.54) is 32.1 Å². The number of methoxy groups -OCH3 is 2. The largest absolute Gasteiger partial charge is 0.471 e. The van der Waals surface area contributed by atoms with Gasteiger partial charge in [-0.1, -0.05) is 20.8 Å². The lowest BCUT2D eigenvalue weighted by Gasteiger charge is -2.63. The van der Waals surface area contributed by atoms with Crippen LogP contribution in [0, 0.1) is 46.3 Å². The summed E-state index contributed by atoms with van der Waals surface area (Å²) >= 11 is 0. The maximum atomic E-state index is 12.5. The third kappa shape index (κ3) is 7.44. The molecule has 4 saturated carbocycles. The van der Waals surface area contributed by atoms with Gasteiger partial charge in [-0.25, -0.2) is 8.75 Å². The second kappa shape index (κ2) is 13.4. The molecule has 0 bridgehead atoms. The zero-order valence-corrected chi connectivity index (χ0v) is 27.5. The predicted octanol–water partition coefficient (Wildman–Crippen LogP) is 4.23. The van der Waals surface area contributed by atoms with E-state index >= 15 is 0 Å². The first kappa shape index (κ1) is 34.3.